The van der Waals surface area contributed by atoms with Crippen molar-refractivity contribution in [2.45, 2.75) is 11.8 Å². The van der Waals surface area contributed by atoms with E-state index in [1.807, 2.05) is 0 Å². The lowest BCUT2D eigenvalue weighted by atomic mass is 10.3. The van der Waals surface area contributed by atoms with Gasteiger partial charge < -0.3 is 5.32 Å². The summed E-state index contributed by atoms with van der Waals surface area (Å²) in [6, 6.07) is 6.87. The quantitative estimate of drug-likeness (QED) is 0.811. The summed E-state index contributed by atoms with van der Waals surface area (Å²) >= 11 is 5.54. The Kier molecular flexibility index (Phi) is 4.42. The molecule has 0 spiro atoms. The number of nitrogens with one attached hydrogen (secondary N) is 1. The number of benzene rings is 1. The van der Waals surface area contributed by atoms with Crippen LogP contribution >= 0.6 is 11.6 Å². The molecule has 0 aliphatic carbocycles. The molecule has 3 nitrogen and oxygen atoms in total. The Hall–Kier alpha value is -0.740. The van der Waals surface area contributed by atoms with Crippen molar-refractivity contribution in [3.05, 3.63) is 24.3 Å². The van der Waals surface area contributed by atoms with Crippen molar-refractivity contribution in [2.24, 2.45) is 0 Å². The van der Waals surface area contributed by atoms with Gasteiger partial charge in [-0.1, -0.05) is 19.1 Å². The minimum atomic E-state index is -3.16. The summed E-state index contributed by atoms with van der Waals surface area (Å²) in [5.41, 5.74) is 0.625. The smallest absolute Gasteiger partial charge is 0.180 e. The molecule has 0 bridgehead atoms. The standard InChI is InChI=1S/C10H14ClNO2S/c1-2-15(13,14)10-6-4-3-5-9(10)12-8-7-11/h3-6,12H,2,7-8H2,1H3. The third-order valence-corrected chi connectivity index (χ3v) is 3.99. The molecule has 0 radical (unpaired) electrons. The Bertz CT molecular complexity index is 417. The highest BCUT2D eigenvalue weighted by molar-refractivity contribution is 7.91. The molecule has 0 aliphatic heterocycles. The van der Waals surface area contributed by atoms with Gasteiger partial charge in [0.2, 0.25) is 0 Å². The molecule has 84 valence electrons. The fourth-order valence-electron chi connectivity index (χ4n) is 1.22. The third kappa shape index (κ3) is 3.11. The maximum atomic E-state index is 11.7. The zero-order valence-electron chi connectivity index (χ0n) is 8.53. The van der Waals surface area contributed by atoms with E-state index >= 15 is 0 Å². The maximum Gasteiger partial charge on any atom is 0.180 e. The summed E-state index contributed by atoms with van der Waals surface area (Å²) in [5.74, 6) is 0.549. The average Bonchev–Trinajstić information content (AvgIpc) is 2.26. The van der Waals surface area contributed by atoms with E-state index in [9.17, 15) is 8.42 Å². The number of sulfone groups is 1. The molecular formula is C10H14ClNO2S. The van der Waals surface area contributed by atoms with Crippen LogP contribution in [-0.4, -0.2) is 26.6 Å². The SMILES string of the molecule is CCS(=O)(=O)c1ccccc1NCCCl. The van der Waals surface area contributed by atoms with E-state index in [0.717, 1.165) is 0 Å². The summed E-state index contributed by atoms with van der Waals surface area (Å²) < 4.78 is 23.4. The molecule has 0 aromatic heterocycles. The highest BCUT2D eigenvalue weighted by Gasteiger charge is 2.15. The van der Waals surface area contributed by atoms with E-state index in [0.29, 0.717) is 23.0 Å². The van der Waals surface area contributed by atoms with Gasteiger partial charge in [0, 0.05) is 12.4 Å². The molecule has 1 aromatic rings. The summed E-state index contributed by atoms with van der Waals surface area (Å²) in [7, 11) is -3.16. The van der Waals surface area contributed by atoms with Crippen LogP contribution in [0.1, 0.15) is 6.92 Å². The molecule has 1 aromatic carbocycles. The summed E-state index contributed by atoms with van der Waals surface area (Å²) in [5, 5.41) is 2.99. The lowest BCUT2D eigenvalue weighted by molar-refractivity contribution is 0.597. The van der Waals surface area contributed by atoms with Crippen molar-refractivity contribution in [3.63, 3.8) is 0 Å². The molecule has 15 heavy (non-hydrogen) atoms. The van der Waals surface area contributed by atoms with E-state index < -0.39 is 9.84 Å². The minimum Gasteiger partial charge on any atom is -0.383 e. The van der Waals surface area contributed by atoms with Crippen molar-refractivity contribution in [3.8, 4) is 0 Å². The van der Waals surface area contributed by atoms with Crippen LogP contribution in [-0.2, 0) is 9.84 Å². The van der Waals surface area contributed by atoms with Gasteiger partial charge in [0.25, 0.3) is 0 Å². The van der Waals surface area contributed by atoms with Gasteiger partial charge >= 0.3 is 0 Å². The zero-order chi connectivity index (χ0) is 11.3. The first kappa shape index (κ1) is 12.3. The van der Waals surface area contributed by atoms with Crippen molar-refractivity contribution < 1.29 is 8.42 Å². The van der Waals surface area contributed by atoms with E-state index in [1.165, 1.54) is 0 Å². The number of para-hydroxylation sites is 1. The molecule has 0 amide bonds. The molecule has 0 heterocycles. The van der Waals surface area contributed by atoms with Crippen molar-refractivity contribution in [1.82, 2.24) is 0 Å². The number of hydrogen-bond acceptors (Lipinski definition) is 3. The normalized spacial score (nSPS) is 11.3. The fourth-order valence-corrected chi connectivity index (χ4v) is 2.39. The second-order valence-electron chi connectivity index (χ2n) is 3.02. The number of halogens is 1. The van der Waals surface area contributed by atoms with Crippen molar-refractivity contribution in [1.29, 1.82) is 0 Å². The van der Waals surface area contributed by atoms with Gasteiger partial charge in [0.1, 0.15) is 0 Å². The molecular weight excluding hydrogens is 234 g/mol. The number of anilines is 1. The molecule has 0 saturated carbocycles. The molecule has 1 rings (SSSR count). The van der Waals surface area contributed by atoms with Crippen LogP contribution in [0.2, 0.25) is 0 Å². The second-order valence-corrected chi connectivity index (χ2v) is 5.64. The predicted molar refractivity (Wildman–Crippen MR) is 63.4 cm³/mol. The summed E-state index contributed by atoms with van der Waals surface area (Å²) in [6.45, 7) is 2.19. The highest BCUT2D eigenvalue weighted by atomic mass is 35.5. The third-order valence-electron chi connectivity index (χ3n) is 2.01. The number of hydrogen-bond donors (Lipinski definition) is 1. The first-order valence-electron chi connectivity index (χ1n) is 4.73. The Morgan fingerprint density at radius 2 is 2.00 bits per heavy atom. The van der Waals surface area contributed by atoms with Crippen molar-refractivity contribution >= 4 is 27.1 Å². The predicted octanol–water partition coefficient (Wildman–Crippen LogP) is 2.13. The Balaban J connectivity index is 3.07. The first-order chi connectivity index (χ1) is 7.11. The van der Waals surface area contributed by atoms with Crippen LogP contribution in [0.5, 0.6) is 0 Å². The molecule has 0 fully saturated rings. The van der Waals surface area contributed by atoms with Gasteiger partial charge in [0.05, 0.1) is 16.3 Å². The molecule has 1 N–H and O–H groups in total. The fraction of sp³-hybridized carbons (Fsp3) is 0.400. The van der Waals surface area contributed by atoms with Crippen LogP contribution in [0.15, 0.2) is 29.2 Å². The lowest BCUT2D eigenvalue weighted by Gasteiger charge is -2.10. The topological polar surface area (TPSA) is 46.2 Å². The maximum absolute atomic E-state index is 11.7. The Morgan fingerprint density at radius 1 is 1.33 bits per heavy atom. The van der Waals surface area contributed by atoms with Crippen LogP contribution in [0.3, 0.4) is 0 Å². The van der Waals surface area contributed by atoms with Crippen LogP contribution in [0.25, 0.3) is 0 Å². The largest absolute Gasteiger partial charge is 0.383 e. The highest BCUT2D eigenvalue weighted by Crippen LogP contribution is 2.21. The first-order valence-corrected chi connectivity index (χ1v) is 6.92. The van der Waals surface area contributed by atoms with Crippen LogP contribution in [0, 0.1) is 0 Å². The van der Waals surface area contributed by atoms with Gasteiger partial charge in [0.15, 0.2) is 9.84 Å². The monoisotopic (exact) mass is 247 g/mol. The minimum absolute atomic E-state index is 0.104. The second kappa shape index (κ2) is 5.37. The zero-order valence-corrected chi connectivity index (χ0v) is 10.1. The molecule has 0 unspecified atom stereocenters. The summed E-state index contributed by atoms with van der Waals surface area (Å²) in [4.78, 5) is 0.345. The molecule has 0 aliphatic rings. The summed E-state index contributed by atoms with van der Waals surface area (Å²) in [6.07, 6.45) is 0. The van der Waals surface area contributed by atoms with Gasteiger partial charge in [-0.15, -0.1) is 11.6 Å². The van der Waals surface area contributed by atoms with E-state index in [-0.39, 0.29) is 5.75 Å². The number of alkyl halides is 1. The van der Waals surface area contributed by atoms with Gasteiger partial charge in [-0.2, -0.15) is 0 Å². The molecule has 5 heteroatoms. The molecule has 0 atom stereocenters. The van der Waals surface area contributed by atoms with Gasteiger partial charge in [-0.25, -0.2) is 8.42 Å². The van der Waals surface area contributed by atoms with E-state index in [4.69, 9.17) is 11.6 Å². The van der Waals surface area contributed by atoms with Crippen LogP contribution in [0.4, 0.5) is 5.69 Å². The Morgan fingerprint density at radius 3 is 2.60 bits per heavy atom. The van der Waals surface area contributed by atoms with Crippen LogP contribution < -0.4 is 5.32 Å². The lowest BCUT2D eigenvalue weighted by Crippen LogP contribution is -2.10. The van der Waals surface area contributed by atoms with E-state index in [2.05, 4.69) is 5.32 Å². The van der Waals surface area contributed by atoms with Gasteiger partial charge in [-0.05, 0) is 12.1 Å². The average molecular weight is 248 g/mol. The van der Waals surface area contributed by atoms with Gasteiger partial charge in [-0.3, -0.25) is 0 Å². The number of rotatable bonds is 5. The Labute approximate surface area is 95.4 Å². The van der Waals surface area contributed by atoms with E-state index in [1.54, 1.807) is 31.2 Å². The van der Waals surface area contributed by atoms with Crippen molar-refractivity contribution in [2.75, 3.05) is 23.5 Å². The molecule has 0 saturated heterocycles.